The van der Waals surface area contributed by atoms with Crippen molar-refractivity contribution in [3.63, 3.8) is 0 Å². The molecule has 1 aromatic rings. The smallest absolute Gasteiger partial charge is 0.256 e. The van der Waals surface area contributed by atoms with Crippen molar-refractivity contribution in [2.75, 3.05) is 20.1 Å². The molecule has 1 aliphatic heterocycles. The number of piperidine rings is 1. The minimum absolute atomic E-state index is 0.0693. The topological polar surface area (TPSA) is 32.3 Å². The maximum atomic E-state index is 12.4. The first kappa shape index (κ1) is 13.7. The van der Waals surface area contributed by atoms with Gasteiger partial charge in [-0.2, -0.15) is 0 Å². The molecule has 98 valence electrons. The van der Waals surface area contributed by atoms with Crippen LogP contribution < -0.4 is 5.32 Å². The number of likely N-dealkylation sites (tertiary alicyclic amines) is 1. The van der Waals surface area contributed by atoms with Crippen LogP contribution in [0.2, 0.25) is 10.0 Å². The summed E-state index contributed by atoms with van der Waals surface area (Å²) in [5.41, 5.74) is 0.420. The lowest BCUT2D eigenvalue weighted by Gasteiger charge is -2.32. The lowest BCUT2D eigenvalue weighted by Crippen LogP contribution is -2.44. The number of nitrogens with zero attached hydrogens (tertiary/aromatic N) is 1. The molecule has 1 N–H and O–H groups in total. The van der Waals surface area contributed by atoms with Crippen molar-refractivity contribution < 1.29 is 4.79 Å². The third kappa shape index (κ3) is 2.79. The Labute approximate surface area is 117 Å². The van der Waals surface area contributed by atoms with Crippen LogP contribution in [0.15, 0.2) is 18.2 Å². The van der Waals surface area contributed by atoms with Crippen molar-refractivity contribution in [2.45, 2.75) is 18.9 Å². The average molecular weight is 287 g/mol. The summed E-state index contributed by atoms with van der Waals surface area (Å²) in [4.78, 5) is 14.2. The van der Waals surface area contributed by atoms with E-state index < -0.39 is 0 Å². The predicted octanol–water partition coefficient (Wildman–Crippen LogP) is 2.82. The Morgan fingerprint density at radius 1 is 1.28 bits per heavy atom. The Kier molecular flexibility index (Phi) is 4.49. The van der Waals surface area contributed by atoms with Gasteiger partial charge in [0.25, 0.3) is 5.91 Å². The minimum atomic E-state index is -0.0693. The molecular formula is C13H16Cl2N2O. The molecular weight excluding hydrogens is 271 g/mol. The highest BCUT2D eigenvalue weighted by atomic mass is 35.5. The Bertz CT molecular complexity index is 422. The second-order valence-corrected chi connectivity index (χ2v) is 5.27. The predicted molar refractivity (Wildman–Crippen MR) is 74.4 cm³/mol. The van der Waals surface area contributed by atoms with E-state index in [-0.39, 0.29) is 5.91 Å². The fraction of sp³-hybridized carbons (Fsp3) is 0.462. The first-order chi connectivity index (χ1) is 8.63. The van der Waals surface area contributed by atoms with E-state index in [1.807, 2.05) is 11.9 Å². The van der Waals surface area contributed by atoms with Crippen LogP contribution in [-0.2, 0) is 0 Å². The van der Waals surface area contributed by atoms with E-state index in [9.17, 15) is 4.79 Å². The molecule has 1 aliphatic rings. The van der Waals surface area contributed by atoms with Gasteiger partial charge in [0.2, 0.25) is 0 Å². The molecule has 0 saturated carbocycles. The van der Waals surface area contributed by atoms with Gasteiger partial charge in [0.15, 0.2) is 0 Å². The van der Waals surface area contributed by atoms with Crippen LogP contribution in [0, 0.1) is 0 Å². The summed E-state index contributed by atoms with van der Waals surface area (Å²) in [6.07, 6.45) is 1.93. The summed E-state index contributed by atoms with van der Waals surface area (Å²) in [5.74, 6) is -0.0693. The maximum Gasteiger partial charge on any atom is 0.256 e. The van der Waals surface area contributed by atoms with Crippen molar-refractivity contribution in [1.29, 1.82) is 0 Å². The van der Waals surface area contributed by atoms with E-state index in [1.54, 1.807) is 18.2 Å². The molecule has 1 amide bonds. The first-order valence-electron chi connectivity index (χ1n) is 6.04. The zero-order valence-corrected chi connectivity index (χ0v) is 11.8. The van der Waals surface area contributed by atoms with Crippen LogP contribution in [0.4, 0.5) is 0 Å². The van der Waals surface area contributed by atoms with Gasteiger partial charge in [-0.05, 0) is 32.0 Å². The molecule has 18 heavy (non-hydrogen) atoms. The number of amides is 1. The Morgan fingerprint density at radius 2 is 1.83 bits per heavy atom. The molecule has 1 heterocycles. The van der Waals surface area contributed by atoms with Gasteiger partial charge in [-0.25, -0.2) is 0 Å². The number of nitrogens with one attached hydrogen (secondary N) is 1. The molecule has 2 rings (SSSR count). The highest BCUT2D eigenvalue weighted by Gasteiger charge is 2.25. The third-order valence-electron chi connectivity index (χ3n) is 3.37. The van der Waals surface area contributed by atoms with Crippen LogP contribution in [0.5, 0.6) is 0 Å². The Morgan fingerprint density at radius 3 is 2.33 bits per heavy atom. The van der Waals surface area contributed by atoms with E-state index in [4.69, 9.17) is 23.2 Å². The van der Waals surface area contributed by atoms with Gasteiger partial charge >= 0.3 is 0 Å². The quantitative estimate of drug-likeness (QED) is 0.907. The Balaban J connectivity index is 2.13. The van der Waals surface area contributed by atoms with Crippen LogP contribution in [0.3, 0.4) is 0 Å². The van der Waals surface area contributed by atoms with E-state index in [0.29, 0.717) is 21.7 Å². The molecule has 0 unspecified atom stereocenters. The van der Waals surface area contributed by atoms with Crippen molar-refractivity contribution >= 4 is 29.1 Å². The average Bonchev–Trinajstić information content (AvgIpc) is 2.38. The lowest BCUT2D eigenvalue weighted by molar-refractivity contribution is 0.0707. The van der Waals surface area contributed by atoms with Gasteiger partial charge in [-0.15, -0.1) is 0 Å². The molecule has 5 heteroatoms. The fourth-order valence-corrected chi connectivity index (χ4v) is 2.79. The van der Waals surface area contributed by atoms with Gasteiger partial charge in [-0.3, -0.25) is 4.79 Å². The highest BCUT2D eigenvalue weighted by Crippen LogP contribution is 2.26. The molecule has 0 atom stereocenters. The third-order valence-corrected chi connectivity index (χ3v) is 4.00. The van der Waals surface area contributed by atoms with Gasteiger partial charge in [-0.1, -0.05) is 29.3 Å². The van der Waals surface area contributed by atoms with Crippen LogP contribution in [0.1, 0.15) is 23.2 Å². The van der Waals surface area contributed by atoms with Gasteiger partial charge < -0.3 is 10.2 Å². The van der Waals surface area contributed by atoms with Crippen molar-refractivity contribution in [2.24, 2.45) is 0 Å². The monoisotopic (exact) mass is 286 g/mol. The Hall–Kier alpha value is -0.770. The molecule has 0 radical (unpaired) electrons. The van der Waals surface area contributed by atoms with Crippen molar-refractivity contribution in [3.8, 4) is 0 Å². The molecule has 0 bridgehead atoms. The largest absolute Gasteiger partial charge is 0.338 e. The standard InChI is InChI=1S/C13H16Cl2N2O/c1-16-9-5-7-17(8-6-9)13(18)12-10(14)3-2-4-11(12)15/h2-4,9,16H,5-8H2,1H3. The molecule has 1 aromatic carbocycles. The summed E-state index contributed by atoms with van der Waals surface area (Å²) >= 11 is 12.1. The number of hydrogen-bond acceptors (Lipinski definition) is 2. The van der Waals surface area contributed by atoms with Crippen LogP contribution >= 0.6 is 23.2 Å². The SMILES string of the molecule is CNC1CCN(C(=O)c2c(Cl)cccc2Cl)CC1. The molecule has 1 fully saturated rings. The summed E-state index contributed by atoms with van der Waals surface area (Å²) < 4.78 is 0. The summed E-state index contributed by atoms with van der Waals surface area (Å²) in [6, 6.07) is 5.63. The number of benzene rings is 1. The second-order valence-electron chi connectivity index (χ2n) is 4.45. The maximum absolute atomic E-state index is 12.4. The van der Waals surface area contributed by atoms with Crippen LogP contribution in [0.25, 0.3) is 0 Å². The first-order valence-corrected chi connectivity index (χ1v) is 6.79. The zero-order chi connectivity index (χ0) is 13.1. The van der Waals surface area contributed by atoms with Crippen molar-refractivity contribution in [3.05, 3.63) is 33.8 Å². The molecule has 3 nitrogen and oxygen atoms in total. The van der Waals surface area contributed by atoms with Gasteiger partial charge in [0.1, 0.15) is 0 Å². The van der Waals surface area contributed by atoms with E-state index in [2.05, 4.69) is 5.32 Å². The number of carbonyl (C=O) groups excluding carboxylic acids is 1. The number of carbonyl (C=O) groups is 1. The zero-order valence-electron chi connectivity index (χ0n) is 10.2. The highest BCUT2D eigenvalue weighted by molar-refractivity contribution is 6.39. The van der Waals surface area contributed by atoms with E-state index >= 15 is 0 Å². The second kappa shape index (κ2) is 5.91. The number of halogens is 2. The van der Waals surface area contributed by atoms with Crippen molar-refractivity contribution in [1.82, 2.24) is 10.2 Å². The molecule has 0 aromatic heterocycles. The van der Waals surface area contributed by atoms with Gasteiger partial charge in [0.05, 0.1) is 15.6 Å². The summed E-state index contributed by atoms with van der Waals surface area (Å²) in [5, 5.41) is 4.08. The number of rotatable bonds is 2. The normalized spacial score (nSPS) is 16.9. The van der Waals surface area contributed by atoms with Gasteiger partial charge in [0, 0.05) is 19.1 Å². The summed E-state index contributed by atoms with van der Waals surface area (Å²) in [7, 11) is 1.95. The summed E-state index contributed by atoms with van der Waals surface area (Å²) in [6.45, 7) is 1.48. The number of hydrogen-bond donors (Lipinski definition) is 1. The molecule has 1 saturated heterocycles. The van der Waals surface area contributed by atoms with Crippen LogP contribution in [-0.4, -0.2) is 37.0 Å². The lowest BCUT2D eigenvalue weighted by atomic mass is 10.0. The molecule has 0 aliphatic carbocycles. The van der Waals surface area contributed by atoms with E-state index in [1.165, 1.54) is 0 Å². The fourth-order valence-electron chi connectivity index (χ4n) is 2.23. The minimum Gasteiger partial charge on any atom is -0.338 e. The molecule has 0 spiro atoms. The van der Waals surface area contributed by atoms with E-state index in [0.717, 1.165) is 25.9 Å².